The molecular formula is C21H21ClN4O3. The van der Waals surface area contributed by atoms with E-state index in [2.05, 4.69) is 10.3 Å². The van der Waals surface area contributed by atoms with E-state index in [0.29, 0.717) is 36.7 Å². The summed E-state index contributed by atoms with van der Waals surface area (Å²) in [6, 6.07) is 7.79. The molecule has 3 atom stereocenters. The molecule has 0 bridgehead atoms. The number of dihydropyridines is 1. The minimum absolute atomic E-state index is 0.0655. The van der Waals surface area contributed by atoms with Gasteiger partial charge in [0.15, 0.2) is 5.56 Å². The predicted octanol–water partition coefficient (Wildman–Crippen LogP) is 2.24. The number of anilines is 1. The number of para-hydroxylation sites is 1. The number of amides is 1. The van der Waals surface area contributed by atoms with Crippen molar-refractivity contribution in [2.75, 3.05) is 18.6 Å². The average Bonchev–Trinajstić information content (AvgIpc) is 3.23. The molecule has 0 aromatic heterocycles. The van der Waals surface area contributed by atoms with Crippen molar-refractivity contribution in [3.63, 3.8) is 0 Å². The quantitative estimate of drug-likeness (QED) is 0.743. The van der Waals surface area contributed by atoms with E-state index in [9.17, 15) is 4.79 Å². The van der Waals surface area contributed by atoms with Crippen LogP contribution in [0.4, 0.5) is 5.69 Å². The van der Waals surface area contributed by atoms with Crippen LogP contribution in [0.5, 0.6) is 0 Å². The Balaban J connectivity index is 1.63. The highest BCUT2D eigenvalue weighted by Gasteiger charge is 2.56. The van der Waals surface area contributed by atoms with Crippen LogP contribution in [0.3, 0.4) is 0 Å². The lowest BCUT2D eigenvalue weighted by Gasteiger charge is -2.38. The summed E-state index contributed by atoms with van der Waals surface area (Å²) in [4.78, 5) is 20.2. The van der Waals surface area contributed by atoms with Crippen molar-refractivity contribution < 1.29 is 14.3 Å². The summed E-state index contributed by atoms with van der Waals surface area (Å²) in [5.41, 5.74) is 7.97. The Bertz CT molecular complexity index is 1010. The van der Waals surface area contributed by atoms with Crippen LogP contribution in [-0.4, -0.2) is 37.2 Å². The summed E-state index contributed by atoms with van der Waals surface area (Å²) in [5.74, 6) is 1.06. The zero-order valence-electron chi connectivity index (χ0n) is 15.9. The minimum Gasteiger partial charge on any atom is -0.477 e. The van der Waals surface area contributed by atoms with E-state index in [1.165, 1.54) is 0 Å². The van der Waals surface area contributed by atoms with Gasteiger partial charge in [0.25, 0.3) is 0 Å². The van der Waals surface area contributed by atoms with E-state index in [1.807, 2.05) is 42.5 Å². The third-order valence-corrected chi connectivity index (χ3v) is 6.02. The van der Waals surface area contributed by atoms with Crippen LogP contribution in [0.1, 0.15) is 18.4 Å². The monoisotopic (exact) mass is 412 g/mol. The van der Waals surface area contributed by atoms with Crippen LogP contribution >= 0.6 is 11.6 Å². The maximum atomic E-state index is 14.0. The van der Waals surface area contributed by atoms with Crippen molar-refractivity contribution in [2.24, 2.45) is 10.7 Å². The van der Waals surface area contributed by atoms with Crippen molar-refractivity contribution in [1.82, 2.24) is 5.32 Å². The van der Waals surface area contributed by atoms with Gasteiger partial charge >= 0.3 is 0 Å². The number of allylic oxidation sites excluding steroid dienone is 1. The van der Waals surface area contributed by atoms with Gasteiger partial charge in [0.1, 0.15) is 23.2 Å². The number of fused-ring (bicyclic) bond motifs is 3. The van der Waals surface area contributed by atoms with Gasteiger partial charge in [-0.25, -0.2) is 4.99 Å². The van der Waals surface area contributed by atoms with Gasteiger partial charge in [-0.3, -0.25) is 4.79 Å². The lowest BCUT2D eigenvalue weighted by atomic mass is 9.72. The number of methoxy groups -OCH3 is 1. The largest absolute Gasteiger partial charge is 0.477 e. The van der Waals surface area contributed by atoms with E-state index >= 15 is 0 Å². The molecule has 0 aliphatic carbocycles. The van der Waals surface area contributed by atoms with Gasteiger partial charge in [0, 0.05) is 25.6 Å². The van der Waals surface area contributed by atoms with Crippen molar-refractivity contribution in [1.29, 1.82) is 0 Å². The standard InChI is InChI=1S/C21H21ClN4O3/c1-28-18-9-7-14-19(25-18)21(10-17(23)24-14)13-4-2-3-5-15(13)26(20(21)27)11-12-6-8-16(22)29-12/h2-7,9,16,18,25H,8,10-11H2,1H3,(H2,23,24). The molecule has 1 aromatic carbocycles. The highest BCUT2D eigenvalue weighted by Crippen LogP contribution is 2.51. The van der Waals surface area contributed by atoms with E-state index in [4.69, 9.17) is 26.8 Å². The zero-order valence-corrected chi connectivity index (χ0v) is 16.6. The molecule has 8 heteroatoms. The van der Waals surface area contributed by atoms with Crippen LogP contribution < -0.4 is 16.0 Å². The highest BCUT2D eigenvalue weighted by molar-refractivity contribution is 6.20. The number of alkyl halides is 1. The number of halogens is 1. The first-order valence-corrected chi connectivity index (χ1v) is 9.93. The molecule has 1 spiro atoms. The van der Waals surface area contributed by atoms with Crippen molar-refractivity contribution in [2.45, 2.75) is 30.0 Å². The molecule has 29 heavy (non-hydrogen) atoms. The Kier molecular flexibility index (Phi) is 4.18. The Morgan fingerprint density at radius 1 is 1.45 bits per heavy atom. The second-order valence-corrected chi connectivity index (χ2v) is 7.93. The lowest BCUT2D eigenvalue weighted by Crippen LogP contribution is -2.52. The summed E-state index contributed by atoms with van der Waals surface area (Å²) < 4.78 is 11.1. The second kappa shape index (κ2) is 6.64. The number of nitrogens with one attached hydrogen (secondary N) is 1. The second-order valence-electron chi connectivity index (χ2n) is 7.45. The maximum absolute atomic E-state index is 14.0. The zero-order chi connectivity index (χ0) is 20.2. The van der Waals surface area contributed by atoms with E-state index < -0.39 is 5.41 Å². The van der Waals surface area contributed by atoms with Crippen molar-refractivity contribution in [3.05, 3.63) is 65.2 Å². The fraction of sp³-hybridized carbons (Fsp3) is 0.333. The average molecular weight is 413 g/mol. The molecule has 0 saturated heterocycles. The number of hydrogen-bond donors (Lipinski definition) is 2. The Morgan fingerprint density at radius 2 is 2.28 bits per heavy atom. The highest BCUT2D eigenvalue weighted by atomic mass is 35.5. The van der Waals surface area contributed by atoms with Crippen molar-refractivity contribution in [3.8, 4) is 0 Å². The van der Waals surface area contributed by atoms with E-state index in [0.717, 1.165) is 16.9 Å². The molecule has 7 nitrogen and oxygen atoms in total. The smallest absolute Gasteiger partial charge is 0.244 e. The SMILES string of the molecule is COC1C=CC2=C(N1)C1(CC(N)=N2)C(=O)N(CC2=CCC(Cl)O2)c2ccccc21. The van der Waals surface area contributed by atoms with E-state index in [1.54, 1.807) is 12.0 Å². The first-order valence-electron chi connectivity index (χ1n) is 9.49. The Morgan fingerprint density at radius 3 is 3.03 bits per heavy atom. The van der Waals surface area contributed by atoms with Gasteiger partial charge in [-0.2, -0.15) is 0 Å². The third kappa shape index (κ3) is 2.68. The predicted molar refractivity (Wildman–Crippen MR) is 110 cm³/mol. The fourth-order valence-corrected chi connectivity index (χ4v) is 4.69. The molecule has 150 valence electrons. The molecule has 1 amide bonds. The van der Waals surface area contributed by atoms with Gasteiger partial charge in [-0.05, 0) is 29.9 Å². The normalized spacial score (nSPS) is 30.0. The molecule has 0 fully saturated rings. The molecule has 4 aliphatic rings. The summed E-state index contributed by atoms with van der Waals surface area (Å²) in [5, 5.41) is 3.34. The molecule has 3 N–H and O–H groups in total. The lowest BCUT2D eigenvalue weighted by molar-refractivity contribution is -0.122. The molecule has 5 rings (SSSR count). The molecular weight excluding hydrogens is 392 g/mol. The number of carbonyl (C=O) groups is 1. The Hall–Kier alpha value is -2.77. The number of aliphatic imine (C=N–C) groups is 1. The number of benzene rings is 1. The molecule has 0 radical (unpaired) electrons. The summed E-state index contributed by atoms with van der Waals surface area (Å²) in [7, 11) is 1.61. The van der Waals surface area contributed by atoms with Crippen LogP contribution in [0.25, 0.3) is 0 Å². The molecule has 4 aliphatic heterocycles. The van der Waals surface area contributed by atoms with Crippen LogP contribution in [0.15, 0.2) is 64.6 Å². The first kappa shape index (κ1) is 18.3. The molecule has 4 heterocycles. The maximum Gasteiger partial charge on any atom is 0.244 e. The molecule has 1 aromatic rings. The number of hydrogen-bond acceptors (Lipinski definition) is 6. The van der Waals surface area contributed by atoms with E-state index in [-0.39, 0.29) is 17.7 Å². The van der Waals surface area contributed by atoms with Gasteiger partial charge in [-0.15, -0.1) is 0 Å². The number of amidine groups is 1. The minimum atomic E-state index is -0.973. The van der Waals surface area contributed by atoms with Gasteiger partial charge in [-0.1, -0.05) is 29.8 Å². The summed E-state index contributed by atoms with van der Waals surface area (Å²) >= 11 is 6.06. The third-order valence-electron chi connectivity index (χ3n) is 5.75. The van der Waals surface area contributed by atoms with Crippen molar-refractivity contribution >= 4 is 29.0 Å². The number of nitrogens with two attached hydrogens (primary N) is 1. The number of nitrogens with zero attached hydrogens (tertiary/aromatic N) is 2. The summed E-state index contributed by atoms with van der Waals surface area (Å²) in [6.45, 7) is 0.323. The molecule has 0 saturated carbocycles. The van der Waals surface area contributed by atoms with Gasteiger partial charge < -0.3 is 25.4 Å². The number of rotatable bonds is 3. The summed E-state index contributed by atoms with van der Waals surface area (Å²) in [6.07, 6.45) is 6.23. The fourth-order valence-electron chi connectivity index (χ4n) is 4.49. The molecule has 3 unspecified atom stereocenters. The number of carbonyl (C=O) groups excluding carboxylic acids is 1. The van der Waals surface area contributed by atoms with Crippen LogP contribution in [0, 0.1) is 0 Å². The number of ether oxygens (including phenoxy) is 2. The van der Waals surface area contributed by atoms with Gasteiger partial charge in [0.05, 0.1) is 17.9 Å². The topological polar surface area (TPSA) is 89.2 Å². The van der Waals surface area contributed by atoms with Gasteiger partial charge in [0.2, 0.25) is 5.91 Å². The Labute approximate surface area is 173 Å². The first-order chi connectivity index (χ1) is 14.0. The van der Waals surface area contributed by atoms with Crippen LogP contribution in [0.2, 0.25) is 0 Å². The van der Waals surface area contributed by atoms with Crippen LogP contribution in [-0.2, 0) is 19.7 Å².